The maximum absolute atomic E-state index is 13.4. The molecule has 0 spiro atoms. The number of hydrogen-bond donors (Lipinski definition) is 0. The van der Waals surface area contributed by atoms with Gasteiger partial charge >= 0.3 is 0 Å². The number of nitrogens with zero attached hydrogens (tertiary/aromatic N) is 2. The predicted octanol–water partition coefficient (Wildman–Crippen LogP) is 5.59. The van der Waals surface area contributed by atoms with Crippen LogP contribution in [0.4, 0.5) is 10.1 Å². The molecule has 5 rings (SSSR count). The molecule has 35 heavy (non-hydrogen) atoms. The molecule has 4 aromatic rings. The smallest absolute Gasteiger partial charge is 0.176 e. The van der Waals surface area contributed by atoms with Crippen LogP contribution in [0, 0.1) is 5.82 Å². The normalized spacial score (nSPS) is 14.3. The summed E-state index contributed by atoms with van der Waals surface area (Å²) in [5, 5.41) is 1.02. The van der Waals surface area contributed by atoms with E-state index in [1.807, 2.05) is 24.3 Å². The molecule has 1 fully saturated rings. The zero-order valence-corrected chi connectivity index (χ0v) is 20.2. The third-order valence-electron chi connectivity index (χ3n) is 6.58. The van der Waals surface area contributed by atoms with Gasteiger partial charge in [-0.3, -0.25) is 4.90 Å². The second-order valence-electron chi connectivity index (χ2n) is 8.59. The van der Waals surface area contributed by atoms with Gasteiger partial charge in [-0.25, -0.2) is 4.39 Å². The van der Waals surface area contributed by atoms with Gasteiger partial charge in [0.25, 0.3) is 0 Å². The summed E-state index contributed by atoms with van der Waals surface area (Å²) in [5.74, 6) is 2.60. The molecule has 2 heterocycles. The fourth-order valence-corrected chi connectivity index (χ4v) is 4.64. The topological polar surface area (TPSA) is 47.3 Å². The van der Waals surface area contributed by atoms with E-state index in [4.69, 9.17) is 18.6 Å². The third-order valence-corrected chi connectivity index (χ3v) is 6.58. The maximum atomic E-state index is 13.4. The van der Waals surface area contributed by atoms with E-state index in [0.29, 0.717) is 17.1 Å². The van der Waals surface area contributed by atoms with E-state index in [0.717, 1.165) is 60.9 Å². The van der Waals surface area contributed by atoms with E-state index in [9.17, 15) is 4.39 Å². The van der Waals surface area contributed by atoms with Crippen molar-refractivity contribution < 1.29 is 23.0 Å². The summed E-state index contributed by atoms with van der Waals surface area (Å²) in [6.07, 6.45) is 0. The number of benzene rings is 3. The van der Waals surface area contributed by atoms with Crippen molar-refractivity contribution in [2.24, 2.45) is 0 Å². The molecule has 0 amide bonds. The molecule has 0 N–H and O–H groups in total. The number of rotatable bonds is 7. The Morgan fingerprint density at radius 3 is 2.14 bits per heavy atom. The first-order valence-corrected chi connectivity index (χ1v) is 11.6. The first kappa shape index (κ1) is 23.1. The Labute approximate surface area is 204 Å². The Balaban J connectivity index is 1.33. The molecule has 1 aromatic heterocycles. The summed E-state index contributed by atoms with van der Waals surface area (Å²) in [6.45, 7) is 4.51. The van der Waals surface area contributed by atoms with Gasteiger partial charge in [-0.1, -0.05) is 6.07 Å². The summed E-state index contributed by atoms with van der Waals surface area (Å²) in [6, 6.07) is 18.5. The summed E-state index contributed by atoms with van der Waals surface area (Å²) in [5.41, 5.74) is 3.86. The summed E-state index contributed by atoms with van der Waals surface area (Å²) in [4.78, 5) is 4.82. The van der Waals surface area contributed by atoms with Gasteiger partial charge in [-0.05, 0) is 54.1 Å². The minimum absolute atomic E-state index is 0.268. The lowest BCUT2D eigenvalue weighted by atomic mass is 10.1. The van der Waals surface area contributed by atoms with E-state index in [2.05, 4.69) is 21.9 Å². The van der Waals surface area contributed by atoms with Crippen molar-refractivity contribution in [1.82, 2.24) is 4.90 Å². The van der Waals surface area contributed by atoms with Crippen LogP contribution in [0.25, 0.3) is 22.3 Å². The minimum Gasteiger partial charge on any atom is -0.493 e. The predicted molar refractivity (Wildman–Crippen MR) is 135 cm³/mol. The van der Waals surface area contributed by atoms with E-state index in [1.54, 1.807) is 33.5 Å². The molecular formula is C28H29FN2O4. The molecule has 0 aliphatic carbocycles. The van der Waals surface area contributed by atoms with Crippen molar-refractivity contribution in [1.29, 1.82) is 0 Å². The van der Waals surface area contributed by atoms with Crippen LogP contribution in [0.15, 0.2) is 65.1 Å². The third kappa shape index (κ3) is 4.64. The molecule has 1 aliphatic heterocycles. The van der Waals surface area contributed by atoms with Gasteiger partial charge in [0.1, 0.15) is 11.6 Å². The summed E-state index contributed by atoms with van der Waals surface area (Å²) < 4.78 is 35.9. The fourth-order valence-electron chi connectivity index (χ4n) is 4.64. The van der Waals surface area contributed by atoms with Crippen LogP contribution in [0.5, 0.6) is 17.2 Å². The zero-order chi connectivity index (χ0) is 24.4. The van der Waals surface area contributed by atoms with Crippen molar-refractivity contribution in [3.8, 4) is 28.6 Å². The Bertz CT molecular complexity index is 1310. The Kier molecular flexibility index (Phi) is 6.51. The van der Waals surface area contributed by atoms with Crippen molar-refractivity contribution in [3.63, 3.8) is 0 Å². The maximum Gasteiger partial charge on any atom is 0.176 e. The number of methoxy groups -OCH3 is 3. The van der Waals surface area contributed by atoms with Gasteiger partial charge in [0.05, 0.1) is 21.3 Å². The lowest BCUT2D eigenvalue weighted by molar-refractivity contribution is 0.250. The largest absolute Gasteiger partial charge is 0.493 e. The molecule has 0 saturated carbocycles. The van der Waals surface area contributed by atoms with Gasteiger partial charge < -0.3 is 23.5 Å². The minimum atomic E-state index is -0.268. The van der Waals surface area contributed by atoms with Gasteiger partial charge in [-0.15, -0.1) is 0 Å². The molecule has 3 aromatic carbocycles. The molecule has 0 unspecified atom stereocenters. The molecule has 6 nitrogen and oxygen atoms in total. The number of anilines is 1. The van der Waals surface area contributed by atoms with Crippen LogP contribution >= 0.6 is 0 Å². The van der Waals surface area contributed by atoms with Gasteiger partial charge in [0.2, 0.25) is 0 Å². The molecule has 182 valence electrons. The highest BCUT2D eigenvalue weighted by Crippen LogP contribution is 2.36. The van der Waals surface area contributed by atoms with Crippen molar-refractivity contribution >= 4 is 16.7 Å². The van der Waals surface area contributed by atoms with E-state index in [-0.39, 0.29) is 5.82 Å². The second-order valence-corrected chi connectivity index (χ2v) is 8.59. The monoisotopic (exact) mass is 476 g/mol. The molecule has 0 atom stereocenters. The average molecular weight is 477 g/mol. The van der Waals surface area contributed by atoms with Crippen LogP contribution in [-0.2, 0) is 6.54 Å². The average Bonchev–Trinajstić information content (AvgIpc) is 3.35. The van der Waals surface area contributed by atoms with Crippen LogP contribution in [-0.4, -0.2) is 52.4 Å². The zero-order valence-electron chi connectivity index (χ0n) is 20.2. The molecule has 0 bridgehead atoms. The SMILES string of the molecule is COc1ccc(N2CCN(Cc3ccc(OC)c4oc(-c5ccc(F)cc5)cc34)CC2)cc1OC. The number of hydrogen-bond acceptors (Lipinski definition) is 6. The lowest BCUT2D eigenvalue weighted by Crippen LogP contribution is -2.46. The molecule has 7 heteroatoms. The van der Waals surface area contributed by atoms with Gasteiger partial charge in [0, 0.05) is 55.4 Å². The number of piperazine rings is 1. The highest BCUT2D eigenvalue weighted by Gasteiger charge is 2.21. The molecule has 0 radical (unpaired) electrons. The number of halogens is 1. The first-order valence-electron chi connectivity index (χ1n) is 11.6. The van der Waals surface area contributed by atoms with Crippen molar-refractivity contribution in [2.45, 2.75) is 6.54 Å². The van der Waals surface area contributed by atoms with Crippen LogP contribution in [0.2, 0.25) is 0 Å². The number of ether oxygens (including phenoxy) is 3. The van der Waals surface area contributed by atoms with Crippen molar-refractivity contribution in [2.75, 3.05) is 52.4 Å². The molecule has 1 saturated heterocycles. The standard InChI is InChI=1S/C28H29FN2O4/c1-32-24-11-9-22(16-27(24)34-3)31-14-12-30(13-15-31)18-20-6-10-25(33-2)28-23(20)17-26(35-28)19-4-7-21(29)8-5-19/h4-11,16-17H,12-15,18H2,1-3H3. The fraction of sp³-hybridized carbons (Fsp3) is 0.286. The van der Waals surface area contributed by atoms with E-state index >= 15 is 0 Å². The second kappa shape index (κ2) is 9.88. The molecular weight excluding hydrogens is 447 g/mol. The van der Waals surface area contributed by atoms with Gasteiger partial charge in [0.15, 0.2) is 22.8 Å². The lowest BCUT2D eigenvalue weighted by Gasteiger charge is -2.36. The van der Waals surface area contributed by atoms with Crippen LogP contribution < -0.4 is 19.1 Å². The summed E-state index contributed by atoms with van der Waals surface area (Å²) in [7, 11) is 4.95. The van der Waals surface area contributed by atoms with Gasteiger partial charge in [-0.2, -0.15) is 0 Å². The van der Waals surface area contributed by atoms with E-state index < -0.39 is 0 Å². The Morgan fingerprint density at radius 1 is 0.771 bits per heavy atom. The van der Waals surface area contributed by atoms with E-state index in [1.165, 1.54) is 17.7 Å². The Hall–Kier alpha value is -3.71. The Morgan fingerprint density at radius 2 is 1.46 bits per heavy atom. The summed E-state index contributed by atoms with van der Waals surface area (Å²) >= 11 is 0. The molecule has 1 aliphatic rings. The first-order chi connectivity index (χ1) is 17.1. The van der Waals surface area contributed by atoms with Crippen LogP contribution in [0.1, 0.15) is 5.56 Å². The highest BCUT2D eigenvalue weighted by atomic mass is 19.1. The van der Waals surface area contributed by atoms with Crippen molar-refractivity contribution in [3.05, 3.63) is 72.0 Å². The quantitative estimate of drug-likeness (QED) is 0.347. The number of fused-ring (bicyclic) bond motifs is 1. The number of furan rings is 1. The van der Waals surface area contributed by atoms with Crippen LogP contribution in [0.3, 0.4) is 0 Å². The highest BCUT2D eigenvalue weighted by molar-refractivity contribution is 5.90.